The summed E-state index contributed by atoms with van der Waals surface area (Å²) in [4.78, 5) is 0. The van der Waals surface area contributed by atoms with Gasteiger partial charge in [-0.2, -0.15) is 0 Å². The maximum absolute atomic E-state index is 11.7. The Morgan fingerprint density at radius 1 is 0.941 bits per heavy atom. The Hall–Kier alpha value is 0.586. The van der Waals surface area contributed by atoms with E-state index in [0.29, 0.717) is 0 Å². The average Bonchev–Trinajstić information content (AvgIpc) is 2.73. The van der Waals surface area contributed by atoms with Crippen LogP contribution in [0.15, 0.2) is 24.3 Å². The second-order valence-corrected chi connectivity index (χ2v) is 4.65. The van der Waals surface area contributed by atoms with Crippen LogP contribution in [-0.4, -0.2) is 51.0 Å². The van der Waals surface area contributed by atoms with Crippen molar-refractivity contribution >= 4 is 20.3 Å². The van der Waals surface area contributed by atoms with Gasteiger partial charge in [0.1, 0.15) is 0 Å². The van der Waals surface area contributed by atoms with E-state index >= 15 is 0 Å². The first-order valence-electron chi connectivity index (χ1n) is 5.27. The van der Waals surface area contributed by atoms with Gasteiger partial charge in [-0.25, -0.2) is 0 Å². The summed E-state index contributed by atoms with van der Waals surface area (Å²) in [6.07, 6.45) is 0. The van der Waals surface area contributed by atoms with Crippen molar-refractivity contribution in [2.75, 3.05) is 19.8 Å². The molecule has 1 aromatic carbocycles. The molecule has 6 heteroatoms. The molecule has 0 saturated heterocycles. The molecule has 0 aliphatic carbocycles. The fraction of sp³-hybridized carbons (Fsp3) is 0.545. The van der Waals surface area contributed by atoms with E-state index in [4.69, 9.17) is 15.3 Å². The third-order valence-corrected chi connectivity index (χ3v) is 2.52. The second-order valence-electron chi connectivity index (χ2n) is 2.38. The molecule has 0 fully saturated rings. The maximum Gasteiger partial charge on any atom is 0 e. The molecule has 17 heavy (non-hydrogen) atoms. The quantitative estimate of drug-likeness (QED) is 0.473. The molecule has 0 bridgehead atoms. The van der Waals surface area contributed by atoms with E-state index in [1.54, 1.807) is 20.8 Å². The Kier molecular flexibility index (Phi) is 46.3. The van der Waals surface area contributed by atoms with Crippen LogP contribution in [0.3, 0.4) is 0 Å². The largest absolute Gasteiger partial charge is 0 e. The summed E-state index contributed by atoms with van der Waals surface area (Å²) < 4.78 is 12.7. The van der Waals surface area contributed by atoms with Crippen molar-refractivity contribution in [3.05, 3.63) is 24.3 Å². The SMILES string of the molecule is CCO.CCO.CCO.[F][GeH2][c-]1cccc1.[Zr]. The van der Waals surface area contributed by atoms with Crippen molar-refractivity contribution in [2.24, 2.45) is 0 Å². The molecule has 1 aromatic rings. The van der Waals surface area contributed by atoms with Gasteiger partial charge in [0.2, 0.25) is 0 Å². The summed E-state index contributed by atoms with van der Waals surface area (Å²) in [5, 5.41) is 22.7. The van der Waals surface area contributed by atoms with Crippen LogP contribution in [0.2, 0.25) is 0 Å². The van der Waals surface area contributed by atoms with Crippen molar-refractivity contribution in [2.45, 2.75) is 20.8 Å². The molecule has 0 atom stereocenters. The number of rotatable bonds is 1. The maximum atomic E-state index is 11.7. The summed E-state index contributed by atoms with van der Waals surface area (Å²) in [6.45, 7) is 5.79. The van der Waals surface area contributed by atoms with Crippen LogP contribution in [0, 0.1) is 0 Å². The van der Waals surface area contributed by atoms with E-state index in [9.17, 15) is 3.50 Å². The molecular formula is C11H24FGeO3Zr-. The van der Waals surface area contributed by atoms with Crippen LogP contribution >= 0.6 is 0 Å². The molecule has 0 spiro atoms. The Balaban J connectivity index is -0.0000000734. The van der Waals surface area contributed by atoms with E-state index in [1.165, 1.54) is 0 Å². The third-order valence-electron chi connectivity index (χ3n) is 0.886. The first-order chi connectivity index (χ1) is 7.67. The molecule has 3 nitrogen and oxygen atoms in total. The van der Waals surface area contributed by atoms with Crippen molar-refractivity contribution < 1.29 is 45.0 Å². The second kappa shape index (κ2) is 30.0. The molecule has 102 valence electrons. The molecule has 0 aliphatic heterocycles. The molecule has 0 radical (unpaired) electrons. The van der Waals surface area contributed by atoms with Gasteiger partial charge in [0.15, 0.2) is 0 Å². The molecule has 0 aromatic heterocycles. The van der Waals surface area contributed by atoms with Gasteiger partial charge in [-0.3, -0.25) is 0 Å². The summed E-state index contributed by atoms with van der Waals surface area (Å²) in [7, 11) is 0. The zero-order valence-corrected chi connectivity index (χ0v) is 16.3. The number of halogens is 1. The average molecular weight is 387 g/mol. The molecule has 0 heterocycles. The first kappa shape index (κ1) is 26.2. The zero-order valence-electron chi connectivity index (χ0n) is 10.9. The summed E-state index contributed by atoms with van der Waals surface area (Å²) in [6, 6.07) is 7.44. The van der Waals surface area contributed by atoms with Crippen molar-refractivity contribution in [1.82, 2.24) is 0 Å². The van der Waals surface area contributed by atoms with E-state index < -0.39 is 15.9 Å². The normalized spacial score (nSPS) is 7.71. The Labute approximate surface area is 130 Å². The number of aliphatic hydroxyl groups excluding tert-OH is 3. The molecule has 0 amide bonds. The summed E-state index contributed by atoms with van der Waals surface area (Å²) in [5.74, 6) is 0. The Morgan fingerprint density at radius 3 is 1.29 bits per heavy atom. The first-order valence-corrected chi connectivity index (χ1v) is 7.87. The summed E-state index contributed by atoms with van der Waals surface area (Å²) >= 11 is -1.73. The van der Waals surface area contributed by atoms with E-state index in [-0.39, 0.29) is 46.0 Å². The smallest absolute Gasteiger partial charge is 0 e. The van der Waals surface area contributed by atoms with Crippen LogP contribution < -0.4 is 4.40 Å². The standard InChI is InChI=1S/C5H6FGe.3C2H6O.Zr/c6-7-5-3-1-2-4-5;3*1-2-3;/h1-4H,7H2;3*3H,2H2,1H3;/q-1;;;;. The van der Waals surface area contributed by atoms with Gasteiger partial charge in [-0.15, -0.1) is 0 Å². The Morgan fingerprint density at radius 2 is 1.18 bits per heavy atom. The van der Waals surface area contributed by atoms with Gasteiger partial charge >= 0.3 is 48.1 Å². The molecular weight excluding hydrogens is 363 g/mol. The van der Waals surface area contributed by atoms with Crippen LogP contribution in [-0.2, 0) is 26.2 Å². The fourth-order valence-electron chi connectivity index (χ4n) is 0.503. The van der Waals surface area contributed by atoms with Crippen molar-refractivity contribution in [1.29, 1.82) is 0 Å². The number of aliphatic hydroxyl groups is 3. The molecule has 0 unspecified atom stereocenters. The minimum absolute atomic E-state index is 0. The fourth-order valence-corrected chi connectivity index (χ4v) is 1.45. The van der Waals surface area contributed by atoms with E-state index in [2.05, 4.69) is 0 Å². The Bertz CT molecular complexity index is 170. The molecule has 0 saturated carbocycles. The topological polar surface area (TPSA) is 60.7 Å². The van der Waals surface area contributed by atoms with Crippen molar-refractivity contribution in [3.63, 3.8) is 0 Å². The van der Waals surface area contributed by atoms with Gasteiger partial charge in [0, 0.05) is 46.0 Å². The third kappa shape index (κ3) is 38.4. The predicted octanol–water partition coefficient (Wildman–Crippen LogP) is 0.0774. The van der Waals surface area contributed by atoms with Gasteiger partial charge in [-0.1, -0.05) is 0 Å². The van der Waals surface area contributed by atoms with Gasteiger partial charge in [0.25, 0.3) is 0 Å². The zero-order chi connectivity index (χ0) is 13.2. The predicted molar refractivity (Wildman–Crippen MR) is 69.6 cm³/mol. The van der Waals surface area contributed by atoms with Crippen molar-refractivity contribution in [3.8, 4) is 0 Å². The van der Waals surface area contributed by atoms with E-state index in [0.717, 1.165) is 4.40 Å². The van der Waals surface area contributed by atoms with Gasteiger partial charge in [0.05, 0.1) is 0 Å². The molecule has 1 rings (SSSR count). The van der Waals surface area contributed by atoms with Crippen LogP contribution in [0.4, 0.5) is 3.50 Å². The number of hydrogen-bond donors (Lipinski definition) is 3. The van der Waals surface area contributed by atoms with E-state index in [1.807, 2.05) is 24.3 Å². The minimum atomic E-state index is -1.73. The van der Waals surface area contributed by atoms with Crippen LogP contribution in [0.1, 0.15) is 20.8 Å². The minimum Gasteiger partial charge on any atom is 0 e. The van der Waals surface area contributed by atoms with Crippen LogP contribution in [0.25, 0.3) is 0 Å². The van der Waals surface area contributed by atoms with Crippen LogP contribution in [0.5, 0.6) is 0 Å². The monoisotopic (exact) mass is 387 g/mol. The number of hydrogen-bond acceptors (Lipinski definition) is 3. The molecule has 0 aliphatic rings. The molecule has 3 N–H and O–H groups in total. The van der Waals surface area contributed by atoms with Gasteiger partial charge in [-0.05, 0) is 20.8 Å². The van der Waals surface area contributed by atoms with Gasteiger partial charge < -0.3 is 15.3 Å². The summed E-state index contributed by atoms with van der Waals surface area (Å²) in [5.41, 5.74) is 0.